The summed E-state index contributed by atoms with van der Waals surface area (Å²) in [7, 11) is -3.58. The SMILES string of the molecule is Cc1ccc([C@@H](C)NC(=O)c2cccc(S(=O)(=O)N3CCCCCC3)c2)cc1C. The first-order chi connectivity index (χ1) is 13.8. The van der Waals surface area contributed by atoms with Crippen LogP contribution in [0.4, 0.5) is 0 Å². The summed E-state index contributed by atoms with van der Waals surface area (Å²) < 4.78 is 27.6. The van der Waals surface area contributed by atoms with Gasteiger partial charge in [-0.2, -0.15) is 4.31 Å². The summed E-state index contributed by atoms with van der Waals surface area (Å²) in [5.74, 6) is -0.274. The van der Waals surface area contributed by atoms with Crippen LogP contribution in [-0.4, -0.2) is 31.7 Å². The maximum absolute atomic E-state index is 13.0. The normalized spacial score (nSPS) is 16.8. The first-order valence-electron chi connectivity index (χ1n) is 10.3. The van der Waals surface area contributed by atoms with Crippen LogP contribution in [0.1, 0.15) is 65.7 Å². The topological polar surface area (TPSA) is 66.5 Å². The zero-order valence-electron chi connectivity index (χ0n) is 17.4. The van der Waals surface area contributed by atoms with Gasteiger partial charge >= 0.3 is 0 Å². The van der Waals surface area contributed by atoms with Crippen molar-refractivity contribution in [2.45, 2.75) is 57.4 Å². The van der Waals surface area contributed by atoms with E-state index in [1.165, 1.54) is 17.2 Å². The molecule has 1 aliphatic heterocycles. The predicted molar refractivity (Wildman–Crippen MR) is 115 cm³/mol. The molecule has 0 unspecified atom stereocenters. The molecule has 0 aliphatic carbocycles. The van der Waals surface area contributed by atoms with Gasteiger partial charge in [0.1, 0.15) is 0 Å². The molecule has 156 valence electrons. The second-order valence-corrected chi connectivity index (χ2v) is 9.82. The van der Waals surface area contributed by atoms with E-state index in [9.17, 15) is 13.2 Å². The van der Waals surface area contributed by atoms with E-state index in [-0.39, 0.29) is 16.8 Å². The third kappa shape index (κ3) is 5.06. The van der Waals surface area contributed by atoms with Crippen LogP contribution in [-0.2, 0) is 10.0 Å². The summed E-state index contributed by atoms with van der Waals surface area (Å²) >= 11 is 0. The fraction of sp³-hybridized carbons (Fsp3) is 0.435. The van der Waals surface area contributed by atoms with Crippen molar-refractivity contribution in [1.82, 2.24) is 9.62 Å². The minimum atomic E-state index is -3.58. The first kappa shape index (κ1) is 21.5. The second-order valence-electron chi connectivity index (χ2n) is 7.88. The zero-order chi connectivity index (χ0) is 21.0. The van der Waals surface area contributed by atoms with E-state index in [0.717, 1.165) is 31.2 Å². The maximum Gasteiger partial charge on any atom is 0.251 e. The number of aryl methyl sites for hydroxylation is 2. The van der Waals surface area contributed by atoms with E-state index in [4.69, 9.17) is 0 Å². The van der Waals surface area contributed by atoms with E-state index >= 15 is 0 Å². The molecular weight excluding hydrogens is 384 g/mol. The fourth-order valence-corrected chi connectivity index (χ4v) is 5.19. The number of sulfonamides is 1. The number of amides is 1. The number of nitrogens with one attached hydrogen (secondary N) is 1. The van der Waals surface area contributed by atoms with Gasteiger partial charge in [-0.3, -0.25) is 4.79 Å². The number of hydrogen-bond donors (Lipinski definition) is 1. The van der Waals surface area contributed by atoms with Crippen LogP contribution in [0, 0.1) is 13.8 Å². The highest BCUT2D eigenvalue weighted by molar-refractivity contribution is 7.89. The Hall–Kier alpha value is -2.18. The van der Waals surface area contributed by atoms with E-state index in [0.29, 0.717) is 18.7 Å². The summed E-state index contributed by atoms with van der Waals surface area (Å²) in [6, 6.07) is 12.3. The third-order valence-corrected chi connectivity index (χ3v) is 7.57. The van der Waals surface area contributed by atoms with Crippen LogP contribution < -0.4 is 5.32 Å². The van der Waals surface area contributed by atoms with Gasteiger partial charge in [-0.05, 0) is 68.5 Å². The van der Waals surface area contributed by atoms with Crippen LogP contribution in [0.5, 0.6) is 0 Å². The van der Waals surface area contributed by atoms with E-state index in [2.05, 4.69) is 18.3 Å². The molecule has 1 atom stereocenters. The molecule has 1 heterocycles. The predicted octanol–water partition coefficient (Wildman–Crippen LogP) is 4.36. The molecule has 1 fully saturated rings. The third-order valence-electron chi connectivity index (χ3n) is 5.68. The lowest BCUT2D eigenvalue weighted by Crippen LogP contribution is -2.32. The molecule has 3 rings (SSSR count). The molecule has 1 saturated heterocycles. The minimum absolute atomic E-state index is 0.173. The summed E-state index contributed by atoms with van der Waals surface area (Å²) in [5, 5.41) is 2.98. The second kappa shape index (κ2) is 9.09. The molecular formula is C23H30N2O3S. The lowest BCUT2D eigenvalue weighted by atomic mass is 10.0. The highest BCUT2D eigenvalue weighted by Gasteiger charge is 2.26. The Kier molecular flexibility index (Phi) is 6.75. The van der Waals surface area contributed by atoms with Crippen molar-refractivity contribution in [2.75, 3.05) is 13.1 Å². The first-order valence-corrected chi connectivity index (χ1v) is 11.7. The van der Waals surface area contributed by atoms with Crippen molar-refractivity contribution in [1.29, 1.82) is 0 Å². The van der Waals surface area contributed by atoms with Crippen LogP contribution in [0.2, 0.25) is 0 Å². The Labute approximate surface area is 174 Å². The summed E-state index contributed by atoms with van der Waals surface area (Å²) in [6.45, 7) is 7.12. The van der Waals surface area contributed by atoms with Crippen LogP contribution >= 0.6 is 0 Å². The standard InChI is InChI=1S/C23H30N2O3S/c1-17-11-12-20(15-18(17)2)19(3)24-23(26)21-9-8-10-22(16-21)29(27,28)25-13-6-4-5-7-14-25/h8-12,15-16,19H,4-7,13-14H2,1-3H3,(H,24,26)/t19-/m1/s1. The highest BCUT2D eigenvalue weighted by Crippen LogP contribution is 2.22. The number of hydrogen-bond acceptors (Lipinski definition) is 3. The lowest BCUT2D eigenvalue weighted by Gasteiger charge is -2.20. The quantitative estimate of drug-likeness (QED) is 0.790. The molecule has 1 N–H and O–H groups in total. The molecule has 0 radical (unpaired) electrons. The minimum Gasteiger partial charge on any atom is -0.346 e. The van der Waals surface area contributed by atoms with Crippen molar-refractivity contribution in [2.24, 2.45) is 0 Å². The van der Waals surface area contributed by atoms with Gasteiger partial charge < -0.3 is 5.32 Å². The molecule has 29 heavy (non-hydrogen) atoms. The van der Waals surface area contributed by atoms with Crippen molar-refractivity contribution in [3.63, 3.8) is 0 Å². The van der Waals surface area contributed by atoms with Gasteiger partial charge in [0.25, 0.3) is 5.91 Å². The molecule has 0 saturated carbocycles. The molecule has 5 nitrogen and oxygen atoms in total. The van der Waals surface area contributed by atoms with Crippen molar-refractivity contribution < 1.29 is 13.2 Å². The van der Waals surface area contributed by atoms with Gasteiger partial charge in [-0.15, -0.1) is 0 Å². The average molecular weight is 415 g/mol. The monoisotopic (exact) mass is 414 g/mol. The molecule has 2 aromatic rings. The van der Waals surface area contributed by atoms with Crippen LogP contribution in [0.3, 0.4) is 0 Å². The van der Waals surface area contributed by atoms with E-state index in [1.54, 1.807) is 22.5 Å². The zero-order valence-corrected chi connectivity index (χ0v) is 18.3. The summed E-state index contributed by atoms with van der Waals surface area (Å²) in [6.07, 6.45) is 3.88. The van der Waals surface area contributed by atoms with E-state index < -0.39 is 10.0 Å². The van der Waals surface area contributed by atoms with Gasteiger partial charge in [0, 0.05) is 18.7 Å². The lowest BCUT2D eigenvalue weighted by molar-refractivity contribution is 0.0939. The molecule has 0 spiro atoms. The Morgan fingerprint density at radius 3 is 2.31 bits per heavy atom. The number of nitrogens with zero attached hydrogens (tertiary/aromatic N) is 1. The number of carbonyl (C=O) groups excluding carboxylic acids is 1. The van der Waals surface area contributed by atoms with Gasteiger partial charge in [0.15, 0.2) is 0 Å². The Bertz CT molecular complexity index is 977. The van der Waals surface area contributed by atoms with Gasteiger partial charge in [-0.1, -0.05) is 37.1 Å². The molecule has 0 bridgehead atoms. The van der Waals surface area contributed by atoms with Crippen molar-refractivity contribution in [3.05, 3.63) is 64.7 Å². The number of carbonyl (C=O) groups is 1. The van der Waals surface area contributed by atoms with Crippen LogP contribution in [0.25, 0.3) is 0 Å². The largest absolute Gasteiger partial charge is 0.346 e. The molecule has 1 amide bonds. The van der Waals surface area contributed by atoms with Crippen molar-refractivity contribution in [3.8, 4) is 0 Å². The number of benzene rings is 2. The smallest absolute Gasteiger partial charge is 0.251 e. The Morgan fingerprint density at radius 2 is 1.66 bits per heavy atom. The fourth-order valence-electron chi connectivity index (χ4n) is 3.63. The molecule has 6 heteroatoms. The van der Waals surface area contributed by atoms with Gasteiger partial charge in [0.05, 0.1) is 10.9 Å². The van der Waals surface area contributed by atoms with Crippen LogP contribution in [0.15, 0.2) is 47.4 Å². The Morgan fingerprint density at radius 1 is 0.966 bits per heavy atom. The maximum atomic E-state index is 13.0. The van der Waals surface area contributed by atoms with Crippen molar-refractivity contribution >= 4 is 15.9 Å². The summed E-state index contributed by atoms with van der Waals surface area (Å²) in [4.78, 5) is 13.0. The molecule has 1 aliphatic rings. The average Bonchev–Trinajstić information content (AvgIpc) is 3.00. The number of rotatable bonds is 5. The highest BCUT2D eigenvalue weighted by atomic mass is 32.2. The molecule has 2 aromatic carbocycles. The Balaban J connectivity index is 1.77. The van der Waals surface area contributed by atoms with Gasteiger partial charge in [-0.25, -0.2) is 8.42 Å². The van der Waals surface area contributed by atoms with E-state index in [1.807, 2.05) is 26.0 Å². The molecule has 0 aromatic heterocycles. The van der Waals surface area contributed by atoms with Gasteiger partial charge in [0.2, 0.25) is 10.0 Å². The summed E-state index contributed by atoms with van der Waals surface area (Å²) in [5.41, 5.74) is 3.76.